The van der Waals surface area contributed by atoms with Crippen LogP contribution in [0.1, 0.15) is 95.5 Å². The van der Waals surface area contributed by atoms with Gasteiger partial charge in [0.05, 0.1) is 22.3 Å². The van der Waals surface area contributed by atoms with Crippen LogP contribution in [0.2, 0.25) is 0 Å². The van der Waals surface area contributed by atoms with Gasteiger partial charge in [-0.25, -0.2) is 0 Å². The van der Waals surface area contributed by atoms with Crippen molar-refractivity contribution in [1.29, 1.82) is 0 Å². The minimum Gasteiger partial charge on any atom is -0.507 e. The van der Waals surface area contributed by atoms with Gasteiger partial charge in [0.15, 0.2) is 172 Å². The Balaban J connectivity index is 0.000000216. The molecule has 0 radical (unpaired) electrons. The van der Waals surface area contributed by atoms with E-state index in [0.29, 0.717) is 72.8 Å². The molecule has 0 fully saturated rings. The summed E-state index contributed by atoms with van der Waals surface area (Å²) in [5.74, 6) is -58.5. The van der Waals surface area contributed by atoms with Crippen LogP contribution in [0, 0.1) is 0 Å². The molecule has 12 aromatic rings. The summed E-state index contributed by atoms with van der Waals surface area (Å²) in [6, 6.07) is 6.83. The Hall–Kier alpha value is -20.9. The van der Waals surface area contributed by atoms with Crippen LogP contribution in [0.4, 0.5) is 0 Å². The molecule has 0 heterocycles. The van der Waals surface area contributed by atoms with Crippen molar-refractivity contribution in [3.8, 4) is 276 Å². The van der Waals surface area contributed by atoms with E-state index in [-0.39, 0.29) is 0 Å². The number of aromatic hydroxyl groups is 48. The summed E-state index contributed by atoms with van der Waals surface area (Å²) in [5, 5.41) is 453. The number of hydrogen-bond donors (Lipinski definition) is 48. The molecule has 0 aliphatic rings. The first-order valence-corrected chi connectivity index (χ1v) is 33.9. The van der Waals surface area contributed by atoms with Gasteiger partial charge in [0.2, 0.25) is 109 Å². The fourth-order valence-electron chi connectivity index (χ4n) is 10.8. The molecular formula is C78H60O54. The highest BCUT2D eigenvalue weighted by atomic mass is 16.4. The lowest BCUT2D eigenvalue weighted by atomic mass is 9.98. The zero-order valence-electron chi connectivity index (χ0n) is 63.8. The van der Waals surface area contributed by atoms with Crippen molar-refractivity contribution in [1.82, 2.24) is 0 Å². The first kappa shape index (κ1) is 98.2. The van der Waals surface area contributed by atoms with Gasteiger partial charge >= 0.3 is 0 Å². The lowest BCUT2D eigenvalue weighted by molar-refractivity contribution is 0.101. The van der Waals surface area contributed by atoms with Crippen molar-refractivity contribution in [2.45, 2.75) is 0 Å². The van der Waals surface area contributed by atoms with Crippen LogP contribution >= 0.6 is 0 Å². The number of phenolic OH excluding ortho intramolecular Hbond substituents is 48. The molecule has 48 N–H and O–H groups in total. The number of carbonyl (C=O) groups is 6. The van der Waals surface area contributed by atoms with Gasteiger partial charge in [0.25, 0.3) is 0 Å². The highest BCUT2D eigenvalue weighted by molar-refractivity contribution is 6.20. The summed E-state index contributed by atoms with van der Waals surface area (Å²) in [6.07, 6.45) is 0. The van der Waals surface area contributed by atoms with Crippen LogP contribution in [0.3, 0.4) is 0 Å². The third-order valence-electron chi connectivity index (χ3n) is 17.6. The maximum atomic E-state index is 12.3. The average Bonchev–Trinajstić information content (AvgIpc) is 0.799. The Kier molecular flexibility index (Phi) is 27.2. The smallest absolute Gasteiger partial charge is 0.208 e. The van der Waals surface area contributed by atoms with E-state index in [2.05, 4.69) is 0 Å². The topological polar surface area (TPSA) is 1070 Å². The molecule has 0 spiro atoms. The maximum Gasteiger partial charge on any atom is 0.208 e. The van der Waals surface area contributed by atoms with E-state index in [4.69, 9.17) is 0 Å². The number of carbonyl (C=O) groups excluding carboxylic acids is 6. The molecule has 132 heavy (non-hydrogen) atoms. The predicted molar refractivity (Wildman–Crippen MR) is 418 cm³/mol. The third kappa shape index (κ3) is 17.9. The van der Waals surface area contributed by atoms with Gasteiger partial charge in [-0.05, 0) is 24.3 Å². The largest absolute Gasteiger partial charge is 0.507 e. The van der Waals surface area contributed by atoms with Crippen molar-refractivity contribution in [3.05, 3.63) is 140 Å². The Morgan fingerprint density at radius 3 is 0.386 bits per heavy atom. The number of hydrogen-bond acceptors (Lipinski definition) is 54. The first-order chi connectivity index (χ1) is 61.0. The molecule has 0 bridgehead atoms. The summed E-state index contributed by atoms with van der Waals surface area (Å²) in [4.78, 5) is 73.3. The van der Waals surface area contributed by atoms with Crippen LogP contribution in [0.5, 0.6) is 276 Å². The van der Waals surface area contributed by atoms with Crippen LogP contribution < -0.4 is 0 Å². The van der Waals surface area contributed by atoms with Gasteiger partial charge in [-0.1, -0.05) is 0 Å². The van der Waals surface area contributed by atoms with E-state index >= 15 is 0 Å². The minimum atomic E-state index is -1.47. The van der Waals surface area contributed by atoms with Gasteiger partial charge in [-0.15, -0.1) is 0 Å². The molecule has 0 aliphatic heterocycles. The normalized spacial score (nSPS) is 10.5. The molecule has 0 atom stereocenters. The second-order valence-electron chi connectivity index (χ2n) is 25.8. The zero-order valence-corrected chi connectivity index (χ0v) is 63.8. The van der Waals surface area contributed by atoms with Gasteiger partial charge in [0.1, 0.15) is 73.3 Å². The van der Waals surface area contributed by atoms with Crippen LogP contribution in [0.15, 0.2) is 72.8 Å². The monoisotopic (exact) mass is 1860 g/mol. The molecular weight excluding hydrogens is 1800 g/mol. The van der Waals surface area contributed by atoms with Crippen molar-refractivity contribution < 1.29 is 274 Å². The molecule has 54 heteroatoms. The van der Waals surface area contributed by atoms with E-state index < -0.39 is 377 Å². The second-order valence-corrected chi connectivity index (χ2v) is 25.8. The maximum absolute atomic E-state index is 12.3. The zero-order chi connectivity index (χ0) is 101. The first-order valence-electron chi connectivity index (χ1n) is 33.9. The molecule has 54 nitrogen and oxygen atoms in total. The fraction of sp³-hybridized carbons (Fsp3) is 0. The molecule has 0 unspecified atom stereocenters. The summed E-state index contributed by atoms with van der Waals surface area (Å²) in [6.45, 7) is 0. The van der Waals surface area contributed by atoms with Crippen molar-refractivity contribution in [2.75, 3.05) is 0 Å². The standard InChI is InChI=1S/6C13H10O9/c14-3-1-6(17)11(20)13(22)7(3)12(21)8-9(18)4(15)2-5(16)10(8)19;2*14-4-2-6(16)10(19)12(21)7(4)8(17)3-1-5(15)11(20)13(22)9(3)18;14-3-1-5(16)9(18)12(21)7(3)11(20)8-4(15)2-6(17)10(19)13(8)22;14-5-1-3(8(17)12(21)10(5)19)7(16)4-2-6(15)11(20)13(22)9(4)18;14-3-1-4(15)10(19)7(9(3)18)13(22)8-11(20)5(16)2-6(17)12(8)21/h1-2,14-20,22H;2*1-2,14-16,18-22H;1-2,14-19,21-22H;1-2,14-15,17-22H;1-2,14-21H. The molecule has 0 aliphatic carbocycles. The third-order valence-corrected chi connectivity index (χ3v) is 17.6. The van der Waals surface area contributed by atoms with E-state index in [1.165, 1.54) is 0 Å². The number of rotatable bonds is 12. The van der Waals surface area contributed by atoms with Crippen molar-refractivity contribution >= 4 is 34.7 Å². The van der Waals surface area contributed by atoms with Gasteiger partial charge in [0, 0.05) is 48.5 Å². The summed E-state index contributed by atoms with van der Waals surface area (Å²) >= 11 is 0. The van der Waals surface area contributed by atoms with Crippen molar-refractivity contribution in [3.63, 3.8) is 0 Å². The minimum absolute atomic E-state index is 0.541. The number of phenols is 48. The Morgan fingerprint density at radius 2 is 0.212 bits per heavy atom. The van der Waals surface area contributed by atoms with Crippen LogP contribution in [-0.2, 0) is 0 Å². The molecule has 12 aromatic carbocycles. The predicted octanol–water partition coefficient (Wildman–Crippen LogP) is 3.37. The molecule has 0 aromatic heterocycles. The SMILES string of the molecule is O=C(c1c(O)c(O)cc(O)c1O)c1c(O)c(O)cc(O)c1O.O=C(c1c(O)cc(O)c(O)c1O)c1c(O)c(O)cc(O)c1O.O=C(c1c(O)cc(O)c(O)c1O)c1c(O)cc(O)c(O)c1O.O=C(c1cc(O)c(O)c(O)c1O)c1c(O)cc(O)c(O)c1O.O=C(c1cc(O)c(O)c(O)c1O)c1c(O)cc(O)c(O)c1O.O=C(c1cc(O)c(O)c(O)c1O)c1cc(O)c(O)c(O)c1O. The average molecular weight is 1860 g/mol. The number of ketones is 6. The molecule has 0 saturated carbocycles. The van der Waals surface area contributed by atoms with E-state index in [1.54, 1.807) is 0 Å². The molecule has 12 rings (SSSR count). The van der Waals surface area contributed by atoms with E-state index in [9.17, 15) is 274 Å². The second kappa shape index (κ2) is 36.6. The lowest BCUT2D eigenvalue weighted by Gasteiger charge is -2.12. The summed E-state index contributed by atoms with van der Waals surface area (Å²) in [7, 11) is 0. The van der Waals surface area contributed by atoms with E-state index in [1.807, 2.05) is 0 Å². The summed E-state index contributed by atoms with van der Waals surface area (Å²) < 4.78 is 0. The van der Waals surface area contributed by atoms with Gasteiger partial charge in [-0.2, -0.15) is 0 Å². The fourth-order valence-corrected chi connectivity index (χ4v) is 10.8. The van der Waals surface area contributed by atoms with Gasteiger partial charge in [-0.3, -0.25) is 28.8 Å². The molecule has 0 saturated heterocycles. The Bertz CT molecular complexity index is 6450. The highest BCUT2D eigenvalue weighted by Gasteiger charge is 2.37. The van der Waals surface area contributed by atoms with E-state index in [0.717, 1.165) is 0 Å². The van der Waals surface area contributed by atoms with Gasteiger partial charge < -0.3 is 245 Å². The quantitative estimate of drug-likeness (QED) is 0.0473. The lowest BCUT2D eigenvalue weighted by Crippen LogP contribution is -2.04. The van der Waals surface area contributed by atoms with Crippen LogP contribution in [-0.4, -0.2) is 280 Å². The Labute approximate surface area is 721 Å². The Morgan fingerprint density at radius 1 is 0.0985 bits per heavy atom. The highest BCUT2D eigenvalue weighted by Crippen LogP contribution is 2.57. The van der Waals surface area contributed by atoms with Crippen LogP contribution in [0.25, 0.3) is 0 Å². The number of benzene rings is 12. The van der Waals surface area contributed by atoms with Crippen molar-refractivity contribution in [2.24, 2.45) is 0 Å². The molecule has 696 valence electrons. The summed E-state index contributed by atoms with van der Waals surface area (Å²) in [5.41, 5.74) is -10.8. The molecule has 0 amide bonds.